The van der Waals surface area contributed by atoms with Crippen LogP contribution in [0.25, 0.3) is 0 Å². The van der Waals surface area contributed by atoms with E-state index in [1.54, 1.807) is 0 Å². The Kier molecular flexibility index (Phi) is 12.3. The molecule has 0 radical (unpaired) electrons. The van der Waals surface area contributed by atoms with E-state index in [2.05, 4.69) is 0 Å². The molecule has 0 saturated carbocycles. The molecule has 0 amide bonds. The molecule has 11 heteroatoms. The number of halogens is 5. The van der Waals surface area contributed by atoms with Crippen molar-refractivity contribution in [3.63, 3.8) is 0 Å². The fourth-order valence-electron chi connectivity index (χ4n) is 2.49. The van der Waals surface area contributed by atoms with Gasteiger partial charge in [0.05, 0.1) is 10.6 Å². The van der Waals surface area contributed by atoms with Crippen LogP contribution in [0.5, 0.6) is 17.2 Å². The molecule has 4 aromatic carbocycles. The van der Waals surface area contributed by atoms with Crippen molar-refractivity contribution in [3.05, 3.63) is 124 Å². The zero-order chi connectivity index (χ0) is 27.5. The molecule has 0 heterocycles. The molecule has 4 aromatic rings. The van der Waals surface area contributed by atoms with E-state index in [1.165, 1.54) is 36.4 Å². The highest BCUT2D eigenvalue weighted by molar-refractivity contribution is 6.33. The smallest absolute Gasteiger partial charge is 0.339 e. The Morgan fingerprint density at radius 3 is 1.50 bits per heavy atom. The van der Waals surface area contributed by atoms with Gasteiger partial charge in [-0.1, -0.05) is 19.0 Å². The highest BCUT2D eigenvalue weighted by atomic mass is 35.5. The van der Waals surface area contributed by atoms with Gasteiger partial charge in [0.25, 0.3) is 0 Å². The molecule has 0 aliphatic carbocycles. The van der Waals surface area contributed by atoms with Crippen LogP contribution < -0.4 is 4.74 Å². The molecule has 200 valence electrons. The van der Waals surface area contributed by atoms with Crippen LogP contribution in [0.2, 0.25) is 5.02 Å². The lowest BCUT2D eigenvalue weighted by Gasteiger charge is -2.08. The second kappa shape index (κ2) is 14.9. The predicted molar refractivity (Wildman–Crippen MR) is 133 cm³/mol. The Hall–Kier alpha value is -4.57. The molecule has 0 fully saturated rings. The average molecular weight is 553 g/mol. The first kappa shape index (κ1) is 31.5. The topological polar surface area (TPSA) is 104 Å². The number of carbonyl (C=O) groups is 2. The summed E-state index contributed by atoms with van der Waals surface area (Å²) < 4.78 is 55.3. The number of phenols is 1. The van der Waals surface area contributed by atoms with Gasteiger partial charge in [-0.25, -0.2) is 27.2 Å². The Labute approximate surface area is 219 Å². The van der Waals surface area contributed by atoms with Gasteiger partial charge in [0.1, 0.15) is 46.1 Å². The molecule has 6 nitrogen and oxygen atoms in total. The van der Waals surface area contributed by atoms with E-state index in [0.29, 0.717) is 0 Å². The molecule has 0 unspecified atom stereocenters. The third-order valence-corrected chi connectivity index (χ3v) is 4.52. The average Bonchev–Trinajstić information content (AvgIpc) is 2.83. The first-order valence-corrected chi connectivity index (χ1v) is 10.4. The van der Waals surface area contributed by atoms with Crippen molar-refractivity contribution in [2.75, 3.05) is 0 Å². The molecular formula is C27H21ClF4O6. The Bertz CT molecular complexity index is 1340. The summed E-state index contributed by atoms with van der Waals surface area (Å²) in [6.45, 7) is 0. The molecule has 0 bridgehead atoms. The van der Waals surface area contributed by atoms with Crippen LogP contribution in [0.1, 0.15) is 28.1 Å². The van der Waals surface area contributed by atoms with E-state index in [4.69, 9.17) is 31.7 Å². The summed E-state index contributed by atoms with van der Waals surface area (Å²) in [6.07, 6.45) is 0. The molecular weight excluding hydrogens is 532 g/mol. The third-order valence-electron chi connectivity index (χ3n) is 4.20. The first-order chi connectivity index (χ1) is 17.5. The van der Waals surface area contributed by atoms with Gasteiger partial charge in [0, 0.05) is 6.07 Å². The quantitative estimate of drug-likeness (QED) is 0.223. The van der Waals surface area contributed by atoms with Gasteiger partial charge >= 0.3 is 11.9 Å². The van der Waals surface area contributed by atoms with Crippen molar-refractivity contribution < 1.29 is 47.2 Å². The van der Waals surface area contributed by atoms with Crippen LogP contribution in [0.4, 0.5) is 17.6 Å². The highest BCUT2D eigenvalue weighted by Crippen LogP contribution is 2.26. The Morgan fingerprint density at radius 1 is 0.632 bits per heavy atom. The lowest BCUT2D eigenvalue weighted by molar-refractivity contribution is 0.0684. The molecule has 0 aliphatic heterocycles. The van der Waals surface area contributed by atoms with Crippen LogP contribution in [0.3, 0.4) is 0 Å². The first-order valence-electron chi connectivity index (χ1n) is 10.1. The largest absolute Gasteiger partial charge is 0.508 e. The minimum Gasteiger partial charge on any atom is -0.508 e. The number of hydrogen-bond donors (Lipinski definition) is 3. The van der Waals surface area contributed by atoms with Gasteiger partial charge in [-0.2, -0.15) is 0 Å². The lowest BCUT2D eigenvalue weighted by atomic mass is 10.2. The monoisotopic (exact) mass is 552 g/mol. The van der Waals surface area contributed by atoms with Crippen LogP contribution in [0, 0.1) is 23.3 Å². The van der Waals surface area contributed by atoms with Crippen molar-refractivity contribution in [1.82, 2.24) is 0 Å². The highest BCUT2D eigenvalue weighted by Gasteiger charge is 2.13. The van der Waals surface area contributed by atoms with E-state index >= 15 is 0 Å². The fourth-order valence-corrected chi connectivity index (χ4v) is 2.74. The van der Waals surface area contributed by atoms with Crippen molar-refractivity contribution in [2.24, 2.45) is 0 Å². The summed E-state index contributed by atoms with van der Waals surface area (Å²) in [4.78, 5) is 21.2. The summed E-state index contributed by atoms with van der Waals surface area (Å²) in [7, 11) is 0. The molecule has 3 N–H and O–H groups in total. The maximum absolute atomic E-state index is 13.0. The minimum absolute atomic E-state index is 0. The van der Waals surface area contributed by atoms with Crippen LogP contribution in [0.15, 0.2) is 84.9 Å². The zero-order valence-electron chi connectivity index (χ0n) is 18.5. The predicted octanol–water partition coefficient (Wildman–Crippen LogP) is 7.80. The summed E-state index contributed by atoms with van der Waals surface area (Å²) in [6, 6.07) is 16.2. The number of carboxylic acid groups (broad SMARTS) is 2. The van der Waals surface area contributed by atoms with Crippen LogP contribution >= 0.6 is 11.6 Å². The van der Waals surface area contributed by atoms with Gasteiger partial charge in [-0.15, -0.1) is 0 Å². The van der Waals surface area contributed by atoms with Crippen molar-refractivity contribution in [3.8, 4) is 17.2 Å². The maximum Gasteiger partial charge on any atom is 0.339 e. The van der Waals surface area contributed by atoms with E-state index in [1.807, 2.05) is 0 Å². The van der Waals surface area contributed by atoms with Crippen molar-refractivity contribution in [2.45, 2.75) is 7.43 Å². The number of rotatable bonds is 4. The number of carboxylic acids is 2. The molecule has 38 heavy (non-hydrogen) atoms. The Balaban J connectivity index is 0.000000309. The van der Waals surface area contributed by atoms with Gasteiger partial charge < -0.3 is 20.1 Å². The summed E-state index contributed by atoms with van der Waals surface area (Å²) in [5, 5.41) is 25.9. The number of aromatic hydroxyl groups is 1. The van der Waals surface area contributed by atoms with Gasteiger partial charge in [-0.05, 0) is 78.9 Å². The second-order valence-corrected chi connectivity index (χ2v) is 7.31. The number of benzene rings is 4. The number of phenolic OH excluding ortho intramolecular Hbond substituents is 1. The van der Waals surface area contributed by atoms with Crippen molar-refractivity contribution in [1.29, 1.82) is 0 Å². The molecule has 0 aliphatic rings. The minimum atomic E-state index is -1.23. The number of hydrogen-bond acceptors (Lipinski definition) is 4. The lowest BCUT2D eigenvalue weighted by Crippen LogP contribution is -2.00. The SMILES string of the molecule is C.O=C(O)c1ccc(F)cc1Cl.O=C(O)c1ccc(F)cc1Oc1ccc(F)cc1.Oc1ccc(F)cc1. The maximum atomic E-state index is 13.0. The van der Waals surface area contributed by atoms with Gasteiger partial charge in [0.15, 0.2) is 0 Å². The molecule has 0 saturated heterocycles. The molecule has 0 atom stereocenters. The number of aromatic carboxylic acids is 2. The third kappa shape index (κ3) is 10.2. The fraction of sp³-hybridized carbons (Fsp3) is 0.0370. The van der Waals surface area contributed by atoms with E-state index in [9.17, 15) is 27.2 Å². The molecule has 4 rings (SSSR count). The van der Waals surface area contributed by atoms with Crippen LogP contribution in [-0.2, 0) is 0 Å². The molecule has 0 aromatic heterocycles. The standard InChI is InChI=1S/C13H8F2O3.C7H4ClFO2.C6H5FO.CH4/c14-8-1-4-10(5-2-8)18-12-7-9(15)3-6-11(12)13(16)17;8-6-3-4(9)1-2-5(6)7(10)11;7-5-1-3-6(8)4-2-5;/h1-7H,(H,16,17);1-3H,(H,10,11);1-4,8H;1H4. The Morgan fingerprint density at radius 2 is 1.05 bits per heavy atom. The van der Waals surface area contributed by atoms with Crippen molar-refractivity contribution >= 4 is 23.5 Å². The van der Waals surface area contributed by atoms with Crippen LogP contribution in [-0.4, -0.2) is 27.3 Å². The number of ether oxygens (including phenoxy) is 1. The zero-order valence-corrected chi connectivity index (χ0v) is 19.3. The van der Waals surface area contributed by atoms with E-state index in [0.717, 1.165) is 48.5 Å². The normalized spacial score (nSPS) is 9.50. The van der Waals surface area contributed by atoms with Gasteiger partial charge in [-0.3, -0.25) is 0 Å². The van der Waals surface area contributed by atoms with E-state index < -0.39 is 29.4 Å². The summed E-state index contributed by atoms with van der Waals surface area (Å²) >= 11 is 5.40. The van der Waals surface area contributed by atoms with E-state index in [-0.39, 0.29) is 46.6 Å². The van der Waals surface area contributed by atoms with Gasteiger partial charge in [0.2, 0.25) is 0 Å². The summed E-state index contributed by atoms with van der Waals surface area (Å²) in [5.74, 6) is -4.13. The molecule has 0 spiro atoms. The second-order valence-electron chi connectivity index (χ2n) is 6.91. The summed E-state index contributed by atoms with van der Waals surface area (Å²) in [5.41, 5.74) is -0.256.